The summed E-state index contributed by atoms with van der Waals surface area (Å²) in [6.07, 6.45) is 3.40. The van der Waals surface area contributed by atoms with E-state index < -0.39 is 0 Å². The number of ether oxygens (including phenoxy) is 4. The highest BCUT2D eigenvalue weighted by Gasteiger charge is 2.13. The van der Waals surface area contributed by atoms with Gasteiger partial charge in [-0.2, -0.15) is 0 Å². The molecule has 2 aromatic rings. The Morgan fingerprint density at radius 3 is 2.34 bits per heavy atom. The van der Waals surface area contributed by atoms with Crippen LogP contribution in [0.15, 0.2) is 41.7 Å². The van der Waals surface area contributed by atoms with Gasteiger partial charge in [0, 0.05) is 12.7 Å². The molecule has 0 unspecified atom stereocenters. The molecule has 8 nitrogen and oxygen atoms in total. The first-order valence-corrected chi connectivity index (χ1v) is 9.05. The normalized spacial score (nSPS) is 10.6. The summed E-state index contributed by atoms with van der Waals surface area (Å²) >= 11 is 0. The van der Waals surface area contributed by atoms with Gasteiger partial charge in [0.25, 0.3) is 0 Å². The van der Waals surface area contributed by atoms with Crippen LogP contribution in [-0.4, -0.2) is 52.0 Å². The van der Waals surface area contributed by atoms with Gasteiger partial charge in [0.15, 0.2) is 17.5 Å². The third kappa shape index (κ3) is 7.84. The number of aromatic nitrogens is 1. The van der Waals surface area contributed by atoms with Crippen molar-refractivity contribution in [3.05, 3.63) is 42.2 Å². The fourth-order valence-electron chi connectivity index (χ4n) is 2.51. The number of guanidine groups is 1. The van der Waals surface area contributed by atoms with E-state index in [0.717, 1.165) is 17.9 Å². The van der Waals surface area contributed by atoms with E-state index in [1.165, 1.54) is 0 Å². The summed E-state index contributed by atoms with van der Waals surface area (Å²) in [7, 11) is 4.77. The summed E-state index contributed by atoms with van der Waals surface area (Å²) in [6, 6.07) is 7.49. The SMILES string of the molecule is CCNC(=NCc1cc(OC)c(OC)c(OC)c1)NCCOc1cccnc1.I. The average Bonchev–Trinajstić information content (AvgIpc) is 2.74. The molecule has 0 saturated heterocycles. The molecule has 0 aliphatic carbocycles. The minimum atomic E-state index is 0. The van der Waals surface area contributed by atoms with Crippen LogP contribution in [0.5, 0.6) is 23.0 Å². The van der Waals surface area contributed by atoms with Crippen molar-refractivity contribution >= 4 is 29.9 Å². The molecule has 0 bridgehead atoms. The fourth-order valence-corrected chi connectivity index (χ4v) is 2.51. The predicted octanol–water partition coefficient (Wildman–Crippen LogP) is 2.86. The molecular weight excluding hydrogens is 487 g/mol. The van der Waals surface area contributed by atoms with Crippen molar-refractivity contribution in [1.29, 1.82) is 0 Å². The van der Waals surface area contributed by atoms with Crippen LogP contribution in [0, 0.1) is 0 Å². The lowest BCUT2D eigenvalue weighted by Crippen LogP contribution is -2.39. The van der Waals surface area contributed by atoms with Crippen molar-refractivity contribution in [3.8, 4) is 23.0 Å². The summed E-state index contributed by atoms with van der Waals surface area (Å²) in [4.78, 5) is 8.63. The number of hydrogen-bond donors (Lipinski definition) is 2. The average molecular weight is 516 g/mol. The molecule has 9 heteroatoms. The molecule has 1 heterocycles. The maximum absolute atomic E-state index is 5.63. The molecule has 0 radical (unpaired) electrons. The lowest BCUT2D eigenvalue weighted by Gasteiger charge is -2.14. The van der Waals surface area contributed by atoms with Crippen LogP contribution in [0.4, 0.5) is 0 Å². The molecule has 1 aromatic heterocycles. The second-order valence-electron chi connectivity index (χ2n) is 5.69. The lowest BCUT2D eigenvalue weighted by atomic mass is 10.2. The van der Waals surface area contributed by atoms with Gasteiger partial charge < -0.3 is 29.6 Å². The molecule has 0 spiro atoms. The van der Waals surface area contributed by atoms with E-state index in [1.807, 2.05) is 31.2 Å². The predicted molar refractivity (Wildman–Crippen MR) is 124 cm³/mol. The molecule has 0 amide bonds. The Labute approximate surface area is 189 Å². The van der Waals surface area contributed by atoms with E-state index in [0.29, 0.717) is 42.9 Å². The fraction of sp³-hybridized carbons (Fsp3) is 0.400. The van der Waals surface area contributed by atoms with Crippen LogP contribution < -0.4 is 29.6 Å². The third-order valence-corrected chi connectivity index (χ3v) is 3.79. The standard InChI is InChI=1S/C20H28N4O4.HI/c1-5-22-20(23-9-10-28-16-7-6-8-21-14-16)24-13-15-11-17(25-2)19(27-4)18(12-15)26-3;/h6-8,11-12,14H,5,9-10,13H2,1-4H3,(H2,22,23,24);1H. The minimum Gasteiger partial charge on any atom is -0.493 e. The molecule has 160 valence electrons. The Bertz CT molecular complexity index is 734. The van der Waals surface area contributed by atoms with E-state index in [-0.39, 0.29) is 24.0 Å². The van der Waals surface area contributed by atoms with Gasteiger partial charge in [-0.25, -0.2) is 4.99 Å². The van der Waals surface area contributed by atoms with Crippen molar-refractivity contribution in [1.82, 2.24) is 15.6 Å². The minimum absolute atomic E-state index is 0. The zero-order valence-electron chi connectivity index (χ0n) is 17.2. The molecule has 0 fully saturated rings. The van der Waals surface area contributed by atoms with Crippen LogP contribution in [-0.2, 0) is 6.54 Å². The Morgan fingerprint density at radius 2 is 1.79 bits per heavy atom. The molecule has 0 aliphatic heterocycles. The van der Waals surface area contributed by atoms with E-state index >= 15 is 0 Å². The maximum atomic E-state index is 5.63. The summed E-state index contributed by atoms with van der Waals surface area (Å²) in [6.45, 7) is 4.33. The van der Waals surface area contributed by atoms with Gasteiger partial charge in [-0.1, -0.05) is 0 Å². The van der Waals surface area contributed by atoms with Crippen molar-refractivity contribution in [2.75, 3.05) is 41.0 Å². The lowest BCUT2D eigenvalue weighted by molar-refractivity contribution is 0.320. The Hall–Kier alpha value is -2.43. The summed E-state index contributed by atoms with van der Waals surface area (Å²) < 4.78 is 21.8. The number of pyridine rings is 1. The van der Waals surface area contributed by atoms with Gasteiger partial charge >= 0.3 is 0 Å². The van der Waals surface area contributed by atoms with E-state index in [4.69, 9.17) is 18.9 Å². The number of nitrogens with one attached hydrogen (secondary N) is 2. The second kappa shape index (κ2) is 13.7. The topological polar surface area (TPSA) is 86.2 Å². The number of methoxy groups -OCH3 is 3. The highest BCUT2D eigenvalue weighted by Crippen LogP contribution is 2.38. The van der Waals surface area contributed by atoms with Crippen molar-refractivity contribution in [2.45, 2.75) is 13.5 Å². The molecule has 1 aromatic carbocycles. The Kier molecular flexibility index (Phi) is 11.6. The highest BCUT2D eigenvalue weighted by atomic mass is 127. The number of nitrogens with zero attached hydrogens (tertiary/aromatic N) is 2. The van der Waals surface area contributed by atoms with Crippen molar-refractivity contribution < 1.29 is 18.9 Å². The van der Waals surface area contributed by atoms with Crippen molar-refractivity contribution in [2.24, 2.45) is 4.99 Å². The number of halogens is 1. The van der Waals surface area contributed by atoms with Gasteiger partial charge in [0.2, 0.25) is 5.75 Å². The number of rotatable bonds is 10. The van der Waals surface area contributed by atoms with Crippen molar-refractivity contribution in [3.63, 3.8) is 0 Å². The van der Waals surface area contributed by atoms with Crippen LogP contribution in [0.1, 0.15) is 12.5 Å². The number of hydrogen-bond acceptors (Lipinski definition) is 6. The van der Waals surface area contributed by atoms with Gasteiger partial charge in [-0.3, -0.25) is 4.98 Å². The molecule has 2 rings (SSSR count). The number of aliphatic imine (C=N–C) groups is 1. The smallest absolute Gasteiger partial charge is 0.203 e. The molecule has 0 saturated carbocycles. The molecule has 0 atom stereocenters. The highest BCUT2D eigenvalue weighted by molar-refractivity contribution is 14.0. The molecule has 0 aliphatic rings. The Balaban J connectivity index is 0.00000420. The summed E-state index contributed by atoms with van der Waals surface area (Å²) in [5, 5.41) is 6.46. The summed E-state index contributed by atoms with van der Waals surface area (Å²) in [5.41, 5.74) is 0.943. The molecular formula is C20H29IN4O4. The van der Waals surface area contributed by atoms with Crippen LogP contribution >= 0.6 is 24.0 Å². The second-order valence-corrected chi connectivity index (χ2v) is 5.69. The van der Waals surface area contributed by atoms with Crippen LogP contribution in [0.3, 0.4) is 0 Å². The first-order chi connectivity index (χ1) is 13.7. The zero-order valence-corrected chi connectivity index (χ0v) is 19.6. The monoisotopic (exact) mass is 516 g/mol. The number of benzene rings is 1. The van der Waals surface area contributed by atoms with Gasteiger partial charge in [0.05, 0.1) is 40.6 Å². The van der Waals surface area contributed by atoms with Crippen LogP contribution in [0.2, 0.25) is 0 Å². The quantitative estimate of drug-likeness (QED) is 0.218. The largest absolute Gasteiger partial charge is 0.493 e. The maximum Gasteiger partial charge on any atom is 0.203 e. The Morgan fingerprint density at radius 1 is 1.07 bits per heavy atom. The van der Waals surface area contributed by atoms with Gasteiger partial charge in [0.1, 0.15) is 12.4 Å². The van der Waals surface area contributed by atoms with E-state index in [1.54, 1.807) is 33.7 Å². The first kappa shape index (κ1) is 24.6. The molecule has 29 heavy (non-hydrogen) atoms. The van der Waals surface area contributed by atoms with E-state index in [2.05, 4.69) is 20.6 Å². The zero-order chi connectivity index (χ0) is 20.2. The summed E-state index contributed by atoms with van der Waals surface area (Å²) in [5.74, 6) is 3.22. The van der Waals surface area contributed by atoms with E-state index in [9.17, 15) is 0 Å². The molecule has 2 N–H and O–H groups in total. The third-order valence-electron chi connectivity index (χ3n) is 3.79. The van der Waals surface area contributed by atoms with Gasteiger partial charge in [-0.15, -0.1) is 24.0 Å². The van der Waals surface area contributed by atoms with Crippen LogP contribution in [0.25, 0.3) is 0 Å². The first-order valence-electron chi connectivity index (χ1n) is 9.05. The van der Waals surface area contributed by atoms with Gasteiger partial charge in [-0.05, 0) is 36.8 Å².